The van der Waals surface area contributed by atoms with Crippen LogP contribution in [0.5, 0.6) is 5.75 Å². The molecule has 0 bridgehead atoms. The summed E-state index contributed by atoms with van der Waals surface area (Å²) in [6, 6.07) is 7.19. The number of nitrogens with zero attached hydrogens (tertiary/aromatic N) is 2. The van der Waals surface area contributed by atoms with E-state index in [1.165, 1.54) is 28.4 Å². The number of ether oxygens (including phenoxy) is 5. The monoisotopic (exact) mass is 434 g/mol. The molecule has 170 valence electrons. The van der Waals surface area contributed by atoms with Gasteiger partial charge in [-0.1, -0.05) is 12.1 Å². The summed E-state index contributed by atoms with van der Waals surface area (Å²) in [6.45, 7) is 4.99. The lowest BCUT2D eigenvalue weighted by Gasteiger charge is -2.26. The van der Waals surface area contributed by atoms with Crippen molar-refractivity contribution in [1.29, 1.82) is 0 Å². The molecule has 31 heavy (non-hydrogen) atoms. The molecule has 0 saturated heterocycles. The third-order valence-electron chi connectivity index (χ3n) is 4.32. The second-order valence-electron chi connectivity index (χ2n) is 5.95. The highest BCUT2D eigenvalue weighted by Crippen LogP contribution is 2.27. The Morgan fingerprint density at radius 2 is 1.48 bits per heavy atom. The van der Waals surface area contributed by atoms with Crippen LogP contribution in [-0.2, 0) is 28.5 Å². The van der Waals surface area contributed by atoms with Gasteiger partial charge >= 0.3 is 11.9 Å². The van der Waals surface area contributed by atoms with Gasteiger partial charge in [0, 0.05) is 13.1 Å². The quantitative estimate of drug-likeness (QED) is 0.182. The van der Waals surface area contributed by atoms with Crippen LogP contribution in [-0.4, -0.2) is 71.3 Å². The zero-order valence-corrected chi connectivity index (χ0v) is 19.1. The molecule has 0 atom stereocenters. The van der Waals surface area contributed by atoms with E-state index in [1.807, 2.05) is 30.9 Å². The Morgan fingerprint density at radius 1 is 0.903 bits per heavy atom. The van der Waals surface area contributed by atoms with Crippen molar-refractivity contribution in [2.24, 2.45) is 4.99 Å². The summed E-state index contributed by atoms with van der Waals surface area (Å²) in [5.41, 5.74) is 0.956. The Kier molecular flexibility index (Phi) is 10.7. The number of carbonyl (C=O) groups is 2. The zero-order chi connectivity index (χ0) is 23.4. The molecule has 0 aliphatic carbocycles. The second-order valence-corrected chi connectivity index (χ2v) is 5.95. The third-order valence-corrected chi connectivity index (χ3v) is 4.32. The minimum atomic E-state index is -0.791. The molecule has 1 aromatic carbocycles. The van der Waals surface area contributed by atoms with Gasteiger partial charge in [-0.2, -0.15) is 0 Å². The molecule has 0 spiro atoms. The largest absolute Gasteiger partial charge is 0.497 e. The Morgan fingerprint density at radius 3 is 1.90 bits per heavy atom. The standard InChI is InChI=1S/C22H30N2O7/c1-8-24(9-2)20(23-17(21(26)29-5)14-18(25)28-4)19(22(30-6)31-7)15-10-12-16(27-3)13-11-15/h10-14H,8-9H2,1-7H3/b17-14-,23-20?. The van der Waals surface area contributed by atoms with Crippen LogP contribution in [0, 0.1) is 0 Å². The molecular weight excluding hydrogens is 404 g/mol. The second kappa shape index (κ2) is 12.9. The Balaban J connectivity index is 3.89. The number of amidine groups is 1. The zero-order valence-electron chi connectivity index (χ0n) is 19.1. The van der Waals surface area contributed by atoms with Crippen molar-refractivity contribution in [3.8, 4) is 5.75 Å². The van der Waals surface area contributed by atoms with Gasteiger partial charge in [0.25, 0.3) is 5.95 Å². The molecule has 0 aliphatic heterocycles. The third kappa shape index (κ3) is 6.77. The number of hydrogen-bond acceptors (Lipinski definition) is 8. The Hall–Kier alpha value is -3.49. The molecule has 1 rings (SSSR count). The number of carbonyl (C=O) groups excluding carboxylic acids is 2. The van der Waals surface area contributed by atoms with E-state index in [2.05, 4.69) is 9.73 Å². The molecule has 9 nitrogen and oxygen atoms in total. The van der Waals surface area contributed by atoms with E-state index in [0.29, 0.717) is 35.8 Å². The highest BCUT2D eigenvalue weighted by molar-refractivity contribution is 6.24. The molecule has 9 heteroatoms. The smallest absolute Gasteiger partial charge is 0.357 e. The molecule has 0 saturated carbocycles. The summed E-state index contributed by atoms with van der Waals surface area (Å²) in [5.74, 6) is -0.327. The summed E-state index contributed by atoms with van der Waals surface area (Å²) in [4.78, 5) is 30.5. The predicted molar refractivity (Wildman–Crippen MR) is 116 cm³/mol. The summed E-state index contributed by atoms with van der Waals surface area (Å²) < 4.78 is 25.6. The molecule has 1 aromatic rings. The molecule has 0 aromatic heterocycles. The minimum Gasteiger partial charge on any atom is -0.497 e. The van der Waals surface area contributed by atoms with E-state index >= 15 is 0 Å². The van der Waals surface area contributed by atoms with Gasteiger partial charge in [0.05, 0.1) is 41.6 Å². The normalized spacial score (nSPS) is 11.3. The van der Waals surface area contributed by atoms with Crippen molar-refractivity contribution in [2.45, 2.75) is 13.8 Å². The molecule has 0 unspecified atom stereocenters. The average Bonchev–Trinajstić information content (AvgIpc) is 2.81. The fourth-order valence-electron chi connectivity index (χ4n) is 2.72. The van der Waals surface area contributed by atoms with E-state index in [9.17, 15) is 9.59 Å². The number of hydrogen-bond donors (Lipinski definition) is 0. The van der Waals surface area contributed by atoms with E-state index in [-0.39, 0.29) is 11.6 Å². The molecule has 0 radical (unpaired) electrons. The molecule has 0 aliphatic rings. The van der Waals surface area contributed by atoms with Gasteiger partial charge in [-0.15, -0.1) is 0 Å². The molecular formula is C22H30N2O7. The Labute approximate surface area is 182 Å². The van der Waals surface area contributed by atoms with Gasteiger partial charge in [0.15, 0.2) is 5.70 Å². The number of likely N-dealkylation sites (N-methyl/N-ethyl adjacent to an activating group) is 1. The number of aliphatic imine (C=N–C) groups is 1. The lowest BCUT2D eigenvalue weighted by Crippen LogP contribution is -2.33. The number of esters is 2. The van der Waals surface area contributed by atoms with Gasteiger partial charge < -0.3 is 28.6 Å². The van der Waals surface area contributed by atoms with Gasteiger partial charge in [0.1, 0.15) is 17.2 Å². The molecule has 0 N–H and O–H groups in total. The maximum atomic E-state index is 12.3. The van der Waals surface area contributed by atoms with Crippen molar-refractivity contribution in [3.63, 3.8) is 0 Å². The first-order valence-electron chi connectivity index (χ1n) is 9.59. The van der Waals surface area contributed by atoms with Crippen LogP contribution >= 0.6 is 0 Å². The van der Waals surface area contributed by atoms with Crippen LogP contribution in [0.15, 0.2) is 47.0 Å². The molecule has 0 fully saturated rings. The van der Waals surface area contributed by atoms with Gasteiger partial charge in [0.2, 0.25) is 0 Å². The number of methoxy groups -OCH3 is 5. The highest BCUT2D eigenvalue weighted by Gasteiger charge is 2.24. The maximum absolute atomic E-state index is 12.3. The highest BCUT2D eigenvalue weighted by atomic mass is 16.7. The van der Waals surface area contributed by atoms with E-state index in [0.717, 1.165) is 6.08 Å². The van der Waals surface area contributed by atoms with E-state index in [4.69, 9.17) is 18.9 Å². The Bertz CT molecular complexity index is 832. The SMILES string of the molecule is CCN(CC)C(=N/C(=C\C(=O)OC)C(=O)OC)C(=C(OC)OC)c1ccc(OC)cc1. The van der Waals surface area contributed by atoms with Gasteiger partial charge in [-0.25, -0.2) is 14.6 Å². The first-order valence-corrected chi connectivity index (χ1v) is 9.59. The summed E-state index contributed by atoms with van der Waals surface area (Å²) in [5, 5.41) is 0. The first-order chi connectivity index (χ1) is 14.9. The summed E-state index contributed by atoms with van der Waals surface area (Å²) in [7, 11) is 6.92. The van der Waals surface area contributed by atoms with Crippen molar-refractivity contribution < 1.29 is 33.3 Å². The van der Waals surface area contributed by atoms with Gasteiger partial charge in [-0.05, 0) is 31.5 Å². The van der Waals surface area contributed by atoms with Crippen LogP contribution in [0.25, 0.3) is 5.57 Å². The van der Waals surface area contributed by atoms with Crippen LogP contribution in [0.1, 0.15) is 19.4 Å². The average molecular weight is 434 g/mol. The van der Waals surface area contributed by atoms with Crippen molar-refractivity contribution in [1.82, 2.24) is 4.90 Å². The summed E-state index contributed by atoms with van der Waals surface area (Å²) in [6.07, 6.45) is 0.972. The fourth-order valence-corrected chi connectivity index (χ4v) is 2.72. The predicted octanol–water partition coefficient (Wildman–Crippen LogP) is 2.63. The van der Waals surface area contributed by atoms with Crippen molar-refractivity contribution in [3.05, 3.63) is 47.5 Å². The van der Waals surface area contributed by atoms with Gasteiger partial charge in [-0.3, -0.25) is 0 Å². The topological polar surface area (TPSA) is 95.9 Å². The molecule has 0 heterocycles. The maximum Gasteiger partial charge on any atom is 0.357 e. The lowest BCUT2D eigenvalue weighted by atomic mass is 10.0. The van der Waals surface area contributed by atoms with E-state index in [1.54, 1.807) is 19.2 Å². The van der Waals surface area contributed by atoms with Crippen LogP contribution in [0.3, 0.4) is 0 Å². The van der Waals surface area contributed by atoms with Crippen molar-refractivity contribution in [2.75, 3.05) is 48.6 Å². The number of benzene rings is 1. The van der Waals surface area contributed by atoms with Crippen LogP contribution in [0.4, 0.5) is 0 Å². The lowest BCUT2D eigenvalue weighted by molar-refractivity contribution is -0.138. The van der Waals surface area contributed by atoms with E-state index < -0.39 is 11.9 Å². The number of rotatable bonds is 10. The minimum absolute atomic E-state index is 0.179. The van der Waals surface area contributed by atoms with Crippen LogP contribution in [0.2, 0.25) is 0 Å². The first kappa shape index (κ1) is 25.5. The fraction of sp³-hybridized carbons (Fsp3) is 0.409. The van der Waals surface area contributed by atoms with Crippen LogP contribution < -0.4 is 4.74 Å². The van der Waals surface area contributed by atoms with Crippen molar-refractivity contribution >= 4 is 23.3 Å². The summed E-state index contributed by atoms with van der Waals surface area (Å²) >= 11 is 0. The molecule has 0 amide bonds.